The minimum absolute atomic E-state index is 0.525. The molecule has 1 aromatic rings. The van der Waals surface area contributed by atoms with Gasteiger partial charge in [0.15, 0.2) is 0 Å². The largest absolute Gasteiger partial charge is 0.468 e. The summed E-state index contributed by atoms with van der Waals surface area (Å²) in [6, 6.07) is 4.45. The van der Waals surface area contributed by atoms with Crippen molar-refractivity contribution >= 4 is 11.8 Å². The van der Waals surface area contributed by atoms with Crippen molar-refractivity contribution < 1.29 is 4.42 Å². The lowest BCUT2D eigenvalue weighted by atomic mass is 10.3. The average molecular weight is 225 g/mol. The summed E-state index contributed by atoms with van der Waals surface area (Å²) < 4.78 is 5.25. The van der Waals surface area contributed by atoms with Crippen molar-refractivity contribution in [3.63, 3.8) is 0 Å². The molecule has 1 aromatic heterocycles. The van der Waals surface area contributed by atoms with Crippen molar-refractivity contribution in [3.05, 3.63) is 36.3 Å². The molecule has 0 aliphatic carbocycles. The monoisotopic (exact) mass is 225 g/mol. The van der Waals surface area contributed by atoms with E-state index in [-0.39, 0.29) is 0 Å². The predicted molar refractivity (Wildman–Crippen MR) is 67.1 cm³/mol. The fourth-order valence-electron chi connectivity index (χ4n) is 1.09. The summed E-state index contributed by atoms with van der Waals surface area (Å²) in [5.41, 5.74) is 1.24. The van der Waals surface area contributed by atoms with Crippen molar-refractivity contribution in [1.82, 2.24) is 5.32 Å². The Balaban J connectivity index is 2.07. The summed E-state index contributed by atoms with van der Waals surface area (Å²) >= 11 is 1.84. The van der Waals surface area contributed by atoms with E-state index < -0.39 is 0 Å². The number of hydrogen-bond acceptors (Lipinski definition) is 3. The van der Waals surface area contributed by atoms with Gasteiger partial charge in [-0.2, -0.15) is 0 Å². The van der Waals surface area contributed by atoms with Crippen molar-refractivity contribution in [2.45, 2.75) is 25.6 Å². The molecule has 0 atom stereocenters. The van der Waals surface area contributed by atoms with Crippen LogP contribution in [-0.4, -0.2) is 18.3 Å². The number of furan rings is 1. The van der Waals surface area contributed by atoms with Crippen molar-refractivity contribution in [2.24, 2.45) is 0 Å². The van der Waals surface area contributed by atoms with E-state index in [2.05, 4.69) is 25.7 Å². The maximum Gasteiger partial charge on any atom is 0.113 e. The molecule has 2 nitrogen and oxygen atoms in total. The Morgan fingerprint density at radius 2 is 2.40 bits per heavy atom. The second-order valence-electron chi connectivity index (χ2n) is 3.86. The van der Waals surface area contributed by atoms with Gasteiger partial charge in [0, 0.05) is 18.3 Å². The smallest absolute Gasteiger partial charge is 0.113 e. The third kappa shape index (κ3) is 5.70. The van der Waals surface area contributed by atoms with E-state index in [1.54, 1.807) is 6.26 Å². The fourth-order valence-corrected chi connectivity index (χ4v) is 1.95. The Morgan fingerprint density at radius 3 is 3.00 bits per heavy atom. The van der Waals surface area contributed by atoms with Crippen LogP contribution in [0.15, 0.2) is 35.0 Å². The summed E-state index contributed by atoms with van der Waals surface area (Å²) in [5.74, 6) is 2.94. The van der Waals surface area contributed by atoms with E-state index in [0.717, 1.165) is 23.8 Å². The highest BCUT2D eigenvalue weighted by molar-refractivity contribution is 7.98. The molecule has 15 heavy (non-hydrogen) atoms. The first kappa shape index (κ1) is 12.4. The molecular weight excluding hydrogens is 206 g/mol. The second kappa shape index (κ2) is 6.75. The van der Waals surface area contributed by atoms with Gasteiger partial charge in [-0.25, -0.2) is 0 Å². The van der Waals surface area contributed by atoms with Gasteiger partial charge in [0.05, 0.1) is 12.0 Å². The highest BCUT2D eigenvalue weighted by Crippen LogP contribution is 2.14. The predicted octanol–water partition coefficient (Wildman–Crippen LogP) is 3.07. The first-order valence-electron chi connectivity index (χ1n) is 5.18. The molecule has 0 aliphatic heterocycles. The normalized spacial score (nSPS) is 10.9. The molecule has 0 aromatic carbocycles. The van der Waals surface area contributed by atoms with Crippen LogP contribution < -0.4 is 5.32 Å². The van der Waals surface area contributed by atoms with E-state index >= 15 is 0 Å². The molecule has 0 spiro atoms. The minimum Gasteiger partial charge on any atom is -0.468 e. The average Bonchev–Trinajstić information content (AvgIpc) is 2.67. The molecule has 1 rings (SSSR count). The van der Waals surface area contributed by atoms with E-state index in [1.807, 2.05) is 23.9 Å². The molecule has 3 heteroatoms. The van der Waals surface area contributed by atoms with E-state index in [0.29, 0.717) is 6.04 Å². The lowest BCUT2D eigenvalue weighted by molar-refractivity contribution is 0.530. The molecule has 0 unspecified atom stereocenters. The summed E-state index contributed by atoms with van der Waals surface area (Å²) in [6.07, 6.45) is 1.71. The second-order valence-corrected chi connectivity index (χ2v) is 4.84. The van der Waals surface area contributed by atoms with Gasteiger partial charge in [-0.15, -0.1) is 11.8 Å². The zero-order valence-corrected chi connectivity index (χ0v) is 10.3. The SMILES string of the molecule is C=C(CNC(C)C)CSCc1ccco1. The van der Waals surface area contributed by atoms with Crippen LogP contribution in [0.5, 0.6) is 0 Å². The van der Waals surface area contributed by atoms with Crippen molar-refractivity contribution in [1.29, 1.82) is 0 Å². The van der Waals surface area contributed by atoms with Gasteiger partial charge in [-0.3, -0.25) is 0 Å². The summed E-state index contributed by atoms with van der Waals surface area (Å²) in [7, 11) is 0. The van der Waals surface area contributed by atoms with Crippen LogP contribution in [0.4, 0.5) is 0 Å². The van der Waals surface area contributed by atoms with Gasteiger partial charge in [-0.05, 0) is 12.1 Å². The van der Waals surface area contributed by atoms with Crippen LogP contribution in [0.2, 0.25) is 0 Å². The number of thioether (sulfide) groups is 1. The van der Waals surface area contributed by atoms with Crippen LogP contribution in [0.25, 0.3) is 0 Å². The molecule has 84 valence electrons. The van der Waals surface area contributed by atoms with Gasteiger partial charge in [0.1, 0.15) is 5.76 Å². The van der Waals surface area contributed by atoms with Gasteiger partial charge >= 0.3 is 0 Å². The Bertz CT molecular complexity index is 280. The van der Waals surface area contributed by atoms with Crippen LogP contribution >= 0.6 is 11.8 Å². The molecule has 0 aliphatic rings. The first-order chi connectivity index (χ1) is 7.18. The summed E-state index contributed by atoms with van der Waals surface area (Å²) in [6.45, 7) is 9.22. The highest BCUT2D eigenvalue weighted by Gasteiger charge is 1.99. The summed E-state index contributed by atoms with van der Waals surface area (Å²) in [5, 5.41) is 3.35. The molecular formula is C12H19NOS. The highest BCUT2D eigenvalue weighted by atomic mass is 32.2. The Labute approximate surface area is 96.1 Å². The standard InChI is InChI=1S/C12H19NOS/c1-10(2)13-7-11(3)8-15-9-12-5-4-6-14-12/h4-6,10,13H,3,7-9H2,1-2H3. The van der Waals surface area contributed by atoms with E-state index in [9.17, 15) is 0 Å². The molecule has 1 N–H and O–H groups in total. The molecule has 1 heterocycles. The number of rotatable bonds is 7. The third-order valence-electron chi connectivity index (χ3n) is 1.89. The van der Waals surface area contributed by atoms with Crippen LogP contribution in [0.1, 0.15) is 19.6 Å². The lowest BCUT2D eigenvalue weighted by Gasteiger charge is -2.09. The Kier molecular flexibility index (Phi) is 5.58. The van der Waals surface area contributed by atoms with E-state index in [1.165, 1.54) is 5.57 Å². The van der Waals surface area contributed by atoms with Crippen molar-refractivity contribution in [2.75, 3.05) is 12.3 Å². The molecule has 0 radical (unpaired) electrons. The van der Waals surface area contributed by atoms with Crippen molar-refractivity contribution in [3.8, 4) is 0 Å². The fraction of sp³-hybridized carbons (Fsp3) is 0.500. The van der Waals surface area contributed by atoms with E-state index in [4.69, 9.17) is 4.42 Å². The zero-order valence-electron chi connectivity index (χ0n) is 9.45. The molecule has 0 bridgehead atoms. The maximum absolute atomic E-state index is 5.25. The zero-order chi connectivity index (χ0) is 11.1. The topological polar surface area (TPSA) is 25.2 Å². The lowest BCUT2D eigenvalue weighted by Crippen LogP contribution is -2.25. The van der Waals surface area contributed by atoms with Gasteiger partial charge in [0.2, 0.25) is 0 Å². The number of hydrogen-bond donors (Lipinski definition) is 1. The summed E-state index contributed by atoms with van der Waals surface area (Å²) in [4.78, 5) is 0. The van der Waals surface area contributed by atoms with Crippen LogP contribution in [0, 0.1) is 0 Å². The molecule has 0 fully saturated rings. The Hall–Kier alpha value is -0.670. The van der Waals surface area contributed by atoms with Crippen LogP contribution in [-0.2, 0) is 5.75 Å². The van der Waals surface area contributed by atoms with Crippen LogP contribution in [0.3, 0.4) is 0 Å². The first-order valence-corrected chi connectivity index (χ1v) is 6.34. The number of nitrogens with one attached hydrogen (secondary N) is 1. The molecule has 0 saturated carbocycles. The Morgan fingerprint density at radius 1 is 1.60 bits per heavy atom. The minimum atomic E-state index is 0.525. The quantitative estimate of drug-likeness (QED) is 0.722. The molecule has 0 amide bonds. The third-order valence-corrected chi connectivity index (χ3v) is 2.99. The maximum atomic E-state index is 5.25. The van der Waals surface area contributed by atoms with Gasteiger partial charge < -0.3 is 9.73 Å². The molecule has 0 saturated heterocycles. The van der Waals surface area contributed by atoms with Gasteiger partial charge in [-0.1, -0.05) is 26.0 Å². The van der Waals surface area contributed by atoms with Gasteiger partial charge in [0.25, 0.3) is 0 Å².